The molecule has 1 spiro atoms. The molecular formula is C16H27NO4. The van der Waals surface area contributed by atoms with Crippen molar-refractivity contribution >= 4 is 5.97 Å². The predicted molar refractivity (Wildman–Crippen MR) is 78.3 cm³/mol. The van der Waals surface area contributed by atoms with Gasteiger partial charge in [0.05, 0.1) is 5.60 Å². The average molecular weight is 297 g/mol. The molecule has 0 bridgehead atoms. The van der Waals surface area contributed by atoms with Crippen molar-refractivity contribution < 1.29 is 19.4 Å². The van der Waals surface area contributed by atoms with Crippen molar-refractivity contribution in [1.29, 1.82) is 0 Å². The monoisotopic (exact) mass is 297 g/mol. The molecule has 3 unspecified atom stereocenters. The summed E-state index contributed by atoms with van der Waals surface area (Å²) in [6.45, 7) is 5.37. The minimum Gasteiger partial charge on any atom is -0.480 e. The van der Waals surface area contributed by atoms with Gasteiger partial charge in [-0.2, -0.15) is 0 Å². The van der Waals surface area contributed by atoms with E-state index >= 15 is 0 Å². The van der Waals surface area contributed by atoms with Gasteiger partial charge in [-0.3, -0.25) is 9.69 Å². The number of nitrogens with zero attached hydrogens (tertiary/aromatic N) is 1. The molecule has 120 valence electrons. The van der Waals surface area contributed by atoms with Crippen molar-refractivity contribution in [2.45, 2.75) is 63.1 Å². The highest BCUT2D eigenvalue weighted by atomic mass is 16.5. The fraction of sp³-hybridized carbons (Fsp3) is 0.938. The number of likely N-dealkylation sites (tertiary alicyclic amines) is 1. The summed E-state index contributed by atoms with van der Waals surface area (Å²) in [6.07, 6.45) is 5.71. The summed E-state index contributed by atoms with van der Waals surface area (Å²) in [5.41, 5.74) is -0.0622. The van der Waals surface area contributed by atoms with Crippen LogP contribution in [0.1, 0.15) is 45.4 Å². The number of carbonyl (C=O) groups is 1. The second kappa shape index (κ2) is 6.23. The van der Waals surface area contributed by atoms with E-state index in [0.29, 0.717) is 12.0 Å². The normalized spacial score (nSPS) is 37.5. The summed E-state index contributed by atoms with van der Waals surface area (Å²) in [5.74, 6) is -0.145. The lowest BCUT2D eigenvalue weighted by atomic mass is 9.81. The van der Waals surface area contributed by atoms with Gasteiger partial charge in [-0.15, -0.1) is 0 Å². The van der Waals surface area contributed by atoms with Gasteiger partial charge in [0.25, 0.3) is 0 Å². The standard InChI is InChI=1S/C16H27NO4/c1-12-2-6-17(14(10-12)15(18)19)13-3-7-21-16(11-13)4-8-20-9-5-16/h12-14H,2-11H2,1H3,(H,18,19). The Bertz CT molecular complexity index is 375. The van der Waals surface area contributed by atoms with Gasteiger partial charge in [0, 0.05) is 25.9 Å². The molecule has 5 heteroatoms. The molecule has 3 aliphatic rings. The van der Waals surface area contributed by atoms with Crippen molar-refractivity contribution in [3.63, 3.8) is 0 Å². The van der Waals surface area contributed by atoms with Gasteiger partial charge in [0.1, 0.15) is 6.04 Å². The van der Waals surface area contributed by atoms with Crippen LogP contribution in [0.3, 0.4) is 0 Å². The first kappa shape index (κ1) is 15.3. The zero-order valence-corrected chi connectivity index (χ0v) is 12.9. The highest BCUT2D eigenvalue weighted by molar-refractivity contribution is 5.73. The lowest BCUT2D eigenvalue weighted by Crippen LogP contribution is -2.57. The van der Waals surface area contributed by atoms with E-state index in [1.165, 1.54) is 0 Å². The highest BCUT2D eigenvalue weighted by Crippen LogP contribution is 2.38. The molecule has 0 aromatic carbocycles. The van der Waals surface area contributed by atoms with Gasteiger partial charge in [-0.05, 0) is 51.0 Å². The lowest BCUT2D eigenvalue weighted by Gasteiger charge is -2.49. The topological polar surface area (TPSA) is 59.0 Å². The minimum atomic E-state index is -0.658. The van der Waals surface area contributed by atoms with E-state index in [1.54, 1.807) is 0 Å². The molecule has 5 nitrogen and oxygen atoms in total. The van der Waals surface area contributed by atoms with E-state index in [9.17, 15) is 9.90 Å². The van der Waals surface area contributed by atoms with Gasteiger partial charge < -0.3 is 14.6 Å². The Hall–Kier alpha value is -0.650. The number of carboxylic acid groups (broad SMARTS) is 1. The second-order valence-corrected chi connectivity index (χ2v) is 7.01. The van der Waals surface area contributed by atoms with Gasteiger partial charge in [0.15, 0.2) is 0 Å². The molecule has 0 aromatic heterocycles. The van der Waals surface area contributed by atoms with Crippen LogP contribution in [-0.4, -0.2) is 60.0 Å². The Kier molecular flexibility index (Phi) is 4.52. The molecule has 3 atom stereocenters. The van der Waals surface area contributed by atoms with E-state index in [4.69, 9.17) is 9.47 Å². The number of piperidine rings is 1. The zero-order chi connectivity index (χ0) is 14.9. The van der Waals surface area contributed by atoms with Crippen LogP contribution in [0.25, 0.3) is 0 Å². The molecule has 3 rings (SSSR count). The molecule has 0 radical (unpaired) electrons. The van der Waals surface area contributed by atoms with Crippen LogP contribution in [-0.2, 0) is 14.3 Å². The van der Waals surface area contributed by atoms with Crippen molar-refractivity contribution in [3.05, 3.63) is 0 Å². The first-order valence-corrected chi connectivity index (χ1v) is 8.30. The Morgan fingerprint density at radius 2 is 2.00 bits per heavy atom. The molecule has 0 aliphatic carbocycles. The molecule has 3 heterocycles. The number of hydrogen-bond acceptors (Lipinski definition) is 4. The molecular weight excluding hydrogens is 270 g/mol. The summed E-state index contributed by atoms with van der Waals surface area (Å²) >= 11 is 0. The highest BCUT2D eigenvalue weighted by Gasteiger charge is 2.44. The maximum Gasteiger partial charge on any atom is 0.320 e. The van der Waals surface area contributed by atoms with Crippen LogP contribution < -0.4 is 0 Å². The van der Waals surface area contributed by atoms with Crippen LogP contribution >= 0.6 is 0 Å². The summed E-state index contributed by atoms with van der Waals surface area (Å²) < 4.78 is 11.6. The SMILES string of the molecule is CC1CCN(C2CCOC3(CCOCC3)C2)C(C(=O)O)C1. The second-order valence-electron chi connectivity index (χ2n) is 7.01. The third-order valence-electron chi connectivity index (χ3n) is 5.53. The Balaban J connectivity index is 1.70. The van der Waals surface area contributed by atoms with Gasteiger partial charge in [-0.1, -0.05) is 6.92 Å². The lowest BCUT2D eigenvalue weighted by molar-refractivity contribution is -0.165. The van der Waals surface area contributed by atoms with Crippen molar-refractivity contribution in [3.8, 4) is 0 Å². The summed E-state index contributed by atoms with van der Waals surface area (Å²) in [4.78, 5) is 13.9. The van der Waals surface area contributed by atoms with Crippen LogP contribution in [0.2, 0.25) is 0 Å². The van der Waals surface area contributed by atoms with Crippen molar-refractivity contribution in [2.24, 2.45) is 5.92 Å². The smallest absolute Gasteiger partial charge is 0.320 e. The van der Waals surface area contributed by atoms with Gasteiger partial charge in [0.2, 0.25) is 0 Å². The number of rotatable bonds is 2. The predicted octanol–water partition coefficient (Wildman–Crippen LogP) is 1.90. The van der Waals surface area contributed by atoms with Crippen molar-refractivity contribution in [1.82, 2.24) is 4.90 Å². The molecule has 0 saturated carbocycles. The third kappa shape index (κ3) is 3.25. The Labute approximate surface area is 126 Å². The molecule has 0 aromatic rings. The summed E-state index contributed by atoms with van der Waals surface area (Å²) in [7, 11) is 0. The molecule has 21 heavy (non-hydrogen) atoms. The van der Waals surface area contributed by atoms with Crippen LogP contribution in [0, 0.1) is 5.92 Å². The Morgan fingerprint density at radius 1 is 1.24 bits per heavy atom. The maximum absolute atomic E-state index is 11.6. The summed E-state index contributed by atoms with van der Waals surface area (Å²) in [5, 5.41) is 9.57. The molecule has 3 aliphatic heterocycles. The van der Waals surface area contributed by atoms with Crippen LogP contribution in [0.15, 0.2) is 0 Å². The number of aliphatic carboxylic acids is 1. The number of ether oxygens (including phenoxy) is 2. The zero-order valence-electron chi connectivity index (χ0n) is 12.9. The summed E-state index contributed by atoms with van der Waals surface area (Å²) in [6, 6.07) is 0.0409. The van der Waals surface area contributed by atoms with Gasteiger partial charge >= 0.3 is 5.97 Å². The average Bonchev–Trinajstić information content (AvgIpc) is 2.48. The van der Waals surface area contributed by atoms with E-state index < -0.39 is 5.97 Å². The largest absolute Gasteiger partial charge is 0.480 e. The number of carboxylic acids is 1. The number of hydrogen-bond donors (Lipinski definition) is 1. The molecule has 1 N–H and O–H groups in total. The first-order chi connectivity index (χ1) is 10.1. The van der Waals surface area contributed by atoms with E-state index in [0.717, 1.165) is 64.9 Å². The van der Waals surface area contributed by atoms with E-state index in [2.05, 4.69) is 11.8 Å². The van der Waals surface area contributed by atoms with Crippen molar-refractivity contribution in [2.75, 3.05) is 26.4 Å². The quantitative estimate of drug-likeness (QED) is 0.843. The molecule has 3 fully saturated rings. The van der Waals surface area contributed by atoms with Crippen LogP contribution in [0.4, 0.5) is 0 Å². The molecule has 0 amide bonds. The minimum absolute atomic E-state index is 0.0622. The Morgan fingerprint density at radius 3 is 2.71 bits per heavy atom. The fourth-order valence-corrected chi connectivity index (χ4v) is 4.22. The van der Waals surface area contributed by atoms with Crippen LogP contribution in [0.5, 0.6) is 0 Å². The van der Waals surface area contributed by atoms with E-state index in [-0.39, 0.29) is 11.6 Å². The van der Waals surface area contributed by atoms with Gasteiger partial charge in [-0.25, -0.2) is 0 Å². The maximum atomic E-state index is 11.6. The third-order valence-corrected chi connectivity index (χ3v) is 5.53. The molecule has 3 saturated heterocycles. The fourth-order valence-electron chi connectivity index (χ4n) is 4.22. The first-order valence-electron chi connectivity index (χ1n) is 8.30. The van der Waals surface area contributed by atoms with E-state index in [1.807, 2.05) is 0 Å².